The largest absolute Gasteiger partial charge is 0.307 e. The SMILES string of the molecule is CCCCN1CCC(NC(c2ccccc2)C(C)C)CC1. The summed E-state index contributed by atoms with van der Waals surface area (Å²) in [6.45, 7) is 10.7. The second-order valence-electron chi connectivity index (χ2n) is 6.77. The number of likely N-dealkylation sites (tertiary alicyclic amines) is 1. The molecule has 0 radical (unpaired) electrons. The van der Waals surface area contributed by atoms with Crippen LogP contribution in [0.4, 0.5) is 0 Å². The van der Waals surface area contributed by atoms with Crippen molar-refractivity contribution in [2.45, 2.75) is 58.5 Å². The zero-order chi connectivity index (χ0) is 15.1. The Labute approximate surface area is 130 Å². The van der Waals surface area contributed by atoms with E-state index in [1.54, 1.807) is 0 Å². The Balaban J connectivity index is 1.85. The quantitative estimate of drug-likeness (QED) is 0.807. The number of benzene rings is 1. The summed E-state index contributed by atoms with van der Waals surface area (Å²) < 4.78 is 0. The first-order valence-corrected chi connectivity index (χ1v) is 8.74. The highest BCUT2D eigenvalue weighted by molar-refractivity contribution is 5.19. The fourth-order valence-corrected chi connectivity index (χ4v) is 3.29. The first-order valence-electron chi connectivity index (χ1n) is 8.74. The number of nitrogens with one attached hydrogen (secondary N) is 1. The van der Waals surface area contributed by atoms with Crippen molar-refractivity contribution in [2.75, 3.05) is 19.6 Å². The van der Waals surface area contributed by atoms with E-state index in [1.165, 1.54) is 50.9 Å². The van der Waals surface area contributed by atoms with Gasteiger partial charge in [-0.1, -0.05) is 57.5 Å². The lowest BCUT2D eigenvalue weighted by Gasteiger charge is -2.35. The van der Waals surface area contributed by atoms with E-state index in [0.717, 1.165) is 0 Å². The summed E-state index contributed by atoms with van der Waals surface area (Å²) in [4.78, 5) is 2.63. The van der Waals surface area contributed by atoms with Crippen molar-refractivity contribution in [1.29, 1.82) is 0 Å². The average molecular weight is 288 g/mol. The summed E-state index contributed by atoms with van der Waals surface area (Å²) >= 11 is 0. The van der Waals surface area contributed by atoms with Crippen LogP contribution in [-0.2, 0) is 0 Å². The Morgan fingerprint density at radius 2 is 1.81 bits per heavy atom. The highest BCUT2D eigenvalue weighted by atomic mass is 15.1. The molecule has 21 heavy (non-hydrogen) atoms. The van der Waals surface area contributed by atoms with Gasteiger partial charge in [0.25, 0.3) is 0 Å². The number of hydrogen-bond acceptors (Lipinski definition) is 2. The molecule has 2 rings (SSSR count). The van der Waals surface area contributed by atoms with Crippen molar-refractivity contribution in [2.24, 2.45) is 5.92 Å². The molecule has 1 aromatic rings. The Morgan fingerprint density at radius 1 is 1.14 bits per heavy atom. The third-order valence-corrected chi connectivity index (χ3v) is 4.66. The van der Waals surface area contributed by atoms with E-state index >= 15 is 0 Å². The molecule has 1 saturated heterocycles. The van der Waals surface area contributed by atoms with Gasteiger partial charge in [-0.05, 0) is 50.4 Å². The van der Waals surface area contributed by atoms with Gasteiger partial charge < -0.3 is 10.2 Å². The van der Waals surface area contributed by atoms with Crippen LogP contribution in [-0.4, -0.2) is 30.6 Å². The highest BCUT2D eigenvalue weighted by Gasteiger charge is 2.23. The number of piperidine rings is 1. The van der Waals surface area contributed by atoms with Crippen LogP contribution in [0.1, 0.15) is 58.1 Å². The van der Waals surface area contributed by atoms with E-state index in [0.29, 0.717) is 18.0 Å². The molecule has 0 spiro atoms. The van der Waals surface area contributed by atoms with Crippen LogP contribution in [0.25, 0.3) is 0 Å². The molecule has 0 aliphatic carbocycles. The third kappa shape index (κ3) is 5.12. The van der Waals surface area contributed by atoms with Gasteiger partial charge in [-0.3, -0.25) is 0 Å². The predicted molar refractivity (Wildman–Crippen MR) is 91.5 cm³/mol. The van der Waals surface area contributed by atoms with Crippen LogP contribution in [0.3, 0.4) is 0 Å². The maximum absolute atomic E-state index is 3.92. The van der Waals surface area contributed by atoms with Gasteiger partial charge in [0.1, 0.15) is 0 Å². The lowest BCUT2D eigenvalue weighted by Crippen LogP contribution is -2.44. The molecule has 0 saturated carbocycles. The number of nitrogens with zero attached hydrogens (tertiary/aromatic N) is 1. The van der Waals surface area contributed by atoms with Crippen molar-refractivity contribution in [1.82, 2.24) is 10.2 Å². The molecule has 1 aliphatic rings. The van der Waals surface area contributed by atoms with E-state index in [4.69, 9.17) is 0 Å². The van der Waals surface area contributed by atoms with Gasteiger partial charge in [0.05, 0.1) is 0 Å². The summed E-state index contributed by atoms with van der Waals surface area (Å²) in [6.07, 6.45) is 5.23. The van der Waals surface area contributed by atoms with Gasteiger partial charge in [0.2, 0.25) is 0 Å². The molecule has 0 aromatic heterocycles. The molecule has 1 aliphatic heterocycles. The van der Waals surface area contributed by atoms with Gasteiger partial charge >= 0.3 is 0 Å². The first-order chi connectivity index (χ1) is 10.2. The molecule has 0 amide bonds. The molecule has 1 N–H and O–H groups in total. The topological polar surface area (TPSA) is 15.3 Å². The maximum atomic E-state index is 3.92. The molecular formula is C19H32N2. The van der Waals surface area contributed by atoms with Crippen molar-refractivity contribution in [3.63, 3.8) is 0 Å². The monoisotopic (exact) mass is 288 g/mol. The lowest BCUT2D eigenvalue weighted by atomic mass is 9.93. The van der Waals surface area contributed by atoms with Crippen LogP contribution in [0.5, 0.6) is 0 Å². The molecule has 1 heterocycles. The third-order valence-electron chi connectivity index (χ3n) is 4.66. The number of hydrogen-bond donors (Lipinski definition) is 1. The van der Waals surface area contributed by atoms with Crippen LogP contribution in [0.15, 0.2) is 30.3 Å². The van der Waals surface area contributed by atoms with E-state index < -0.39 is 0 Å². The predicted octanol–water partition coefficient (Wildman–Crippen LogP) is 4.24. The zero-order valence-electron chi connectivity index (χ0n) is 14.0. The lowest BCUT2D eigenvalue weighted by molar-refractivity contribution is 0.182. The maximum Gasteiger partial charge on any atom is 0.0345 e. The minimum Gasteiger partial charge on any atom is -0.307 e. The van der Waals surface area contributed by atoms with Crippen molar-refractivity contribution in [3.05, 3.63) is 35.9 Å². The molecule has 1 fully saturated rings. The summed E-state index contributed by atoms with van der Waals surface area (Å²) in [5.41, 5.74) is 1.43. The van der Waals surface area contributed by atoms with Crippen LogP contribution in [0.2, 0.25) is 0 Å². The van der Waals surface area contributed by atoms with Crippen molar-refractivity contribution in [3.8, 4) is 0 Å². The highest BCUT2D eigenvalue weighted by Crippen LogP contribution is 2.24. The smallest absolute Gasteiger partial charge is 0.0345 e. The minimum atomic E-state index is 0.485. The molecule has 2 nitrogen and oxygen atoms in total. The molecule has 0 bridgehead atoms. The number of rotatable bonds is 7. The average Bonchev–Trinajstić information content (AvgIpc) is 2.52. The summed E-state index contributed by atoms with van der Waals surface area (Å²) in [7, 11) is 0. The Hall–Kier alpha value is -0.860. The van der Waals surface area contributed by atoms with E-state index in [9.17, 15) is 0 Å². The fourth-order valence-electron chi connectivity index (χ4n) is 3.29. The zero-order valence-corrected chi connectivity index (χ0v) is 14.0. The molecular weight excluding hydrogens is 256 g/mol. The van der Waals surface area contributed by atoms with E-state index in [2.05, 4.69) is 61.3 Å². The summed E-state index contributed by atoms with van der Waals surface area (Å²) in [5.74, 6) is 0.630. The standard InChI is InChI=1S/C19H32N2/c1-4-5-13-21-14-11-18(12-15-21)20-19(16(2)3)17-9-7-6-8-10-17/h6-10,16,18-20H,4-5,11-15H2,1-3H3. The second kappa shape index (κ2) is 8.55. The van der Waals surface area contributed by atoms with Crippen molar-refractivity contribution < 1.29 is 0 Å². The second-order valence-corrected chi connectivity index (χ2v) is 6.77. The van der Waals surface area contributed by atoms with Crippen LogP contribution in [0, 0.1) is 5.92 Å². The van der Waals surface area contributed by atoms with E-state index in [1.807, 2.05) is 0 Å². The molecule has 1 atom stereocenters. The van der Waals surface area contributed by atoms with E-state index in [-0.39, 0.29) is 0 Å². The summed E-state index contributed by atoms with van der Waals surface area (Å²) in [5, 5.41) is 3.92. The minimum absolute atomic E-state index is 0.485. The van der Waals surface area contributed by atoms with Gasteiger partial charge in [0, 0.05) is 12.1 Å². The van der Waals surface area contributed by atoms with Gasteiger partial charge in [-0.2, -0.15) is 0 Å². The first kappa shape index (κ1) is 16.5. The number of unbranched alkanes of at least 4 members (excludes halogenated alkanes) is 1. The fraction of sp³-hybridized carbons (Fsp3) is 0.684. The van der Waals surface area contributed by atoms with Crippen molar-refractivity contribution >= 4 is 0 Å². The Morgan fingerprint density at radius 3 is 2.38 bits per heavy atom. The van der Waals surface area contributed by atoms with Crippen LogP contribution < -0.4 is 5.32 Å². The molecule has 2 heteroatoms. The molecule has 1 aromatic carbocycles. The molecule has 118 valence electrons. The van der Waals surface area contributed by atoms with Gasteiger partial charge in [-0.15, -0.1) is 0 Å². The molecule has 1 unspecified atom stereocenters. The van der Waals surface area contributed by atoms with Gasteiger partial charge in [-0.25, -0.2) is 0 Å². The van der Waals surface area contributed by atoms with Crippen LogP contribution >= 0.6 is 0 Å². The Bertz CT molecular complexity index is 380. The normalized spacial score (nSPS) is 19.0. The van der Waals surface area contributed by atoms with Gasteiger partial charge in [0.15, 0.2) is 0 Å². The Kier molecular flexibility index (Phi) is 6.72. The summed E-state index contributed by atoms with van der Waals surface area (Å²) in [6, 6.07) is 12.1.